The van der Waals surface area contributed by atoms with Crippen LogP contribution < -0.4 is 5.73 Å². The Morgan fingerprint density at radius 3 is 1.83 bits per heavy atom. The van der Waals surface area contributed by atoms with Gasteiger partial charge in [-0.05, 0) is 76.5 Å². The van der Waals surface area contributed by atoms with Gasteiger partial charge in [-0.25, -0.2) is 4.79 Å². The third-order valence-corrected chi connectivity index (χ3v) is 5.43. The van der Waals surface area contributed by atoms with E-state index in [2.05, 4.69) is 6.58 Å². The first-order chi connectivity index (χ1) is 10.6. The van der Waals surface area contributed by atoms with Gasteiger partial charge >= 0.3 is 11.9 Å². The van der Waals surface area contributed by atoms with Gasteiger partial charge in [-0.3, -0.25) is 4.79 Å². The summed E-state index contributed by atoms with van der Waals surface area (Å²) in [4.78, 5) is 21.8. The molecule has 4 aliphatic rings. The minimum atomic E-state index is -0.882. The number of rotatable bonds is 2. The highest BCUT2D eigenvalue weighted by molar-refractivity contribution is 5.81. The normalized spacial score (nSPS) is 37.6. The summed E-state index contributed by atoms with van der Waals surface area (Å²) in [5.74, 6) is 0.961. The highest BCUT2D eigenvalue weighted by atomic mass is 16.6. The lowest BCUT2D eigenvalue weighted by Crippen LogP contribution is -2.67. The first-order valence-electron chi connectivity index (χ1n) is 8.44. The number of carbonyl (C=O) groups excluding carboxylic acids is 1. The molecule has 0 aromatic carbocycles. The van der Waals surface area contributed by atoms with Crippen LogP contribution in [0.15, 0.2) is 12.7 Å². The fourth-order valence-corrected chi connectivity index (χ4v) is 4.66. The van der Waals surface area contributed by atoms with Crippen LogP contribution in [-0.4, -0.2) is 28.2 Å². The maximum absolute atomic E-state index is 11.3. The van der Waals surface area contributed by atoms with Gasteiger partial charge in [0.15, 0.2) is 0 Å². The summed E-state index contributed by atoms with van der Waals surface area (Å²) < 4.78 is 4.83. The van der Waals surface area contributed by atoms with Crippen molar-refractivity contribution in [2.24, 2.45) is 29.4 Å². The molecule has 4 aliphatic carbocycles. The number of hydrogen-bond donors (Lipinski definition) is 2. The summed E-state index contributed by atoms with van der Waals surface area (Å²) in [5.41, 5.74) is 4.86. The molecule has 4 saturated carbocycles. The zero-order valence-electron chi connectivity index (χ0n) is 14.4. The number of carboxylic acids is 1. The van der Waals surface area contributed by atoms with Crippen molar-refractivity contribution in [1.29, 1.82) is 0 Å². The molecule has 4 bridgehead atoms. The van der Waals surface area contributed by atoms with Crippen LogP contribution in [0.5, 0.6) is 0 Å². The van der Waals surface area contributed by atoms with Gasteiger partial charge in [0.05, 0.1) is 0 Å². The molecule has 0 saturated heterocycles. The van der Waals surface area contributed by atoms with Crippen LogP contribution in [0.2, 0.25) is 0 Å². The van der Waals surface area contributed by atoms with Gasteiger partial charge in [0.25, 0.3) is 0 Å². The van der Waals surface area contributed by atoms with Gasteiger partial charge in [-0.15, -0.1) is 0 Å². The molecule has 5 heteroatoms. The highest BCUT2D eigenvalue weighted by Gasteiger charge is 2.59. The van der Waals surface area contributed by atoms with Crippen molar-refractivity contribution in [3.63, 3.8) is 0 Å². The van der Waals surface area contributed by atoms with E-state index in [1.807, 2.05) is 20.8 Å². The van der Waals surface area contributed by atoms with E-state index in [0.29, 0.717) is 0 Å². The summed E-state index contributed by atoms with van der Waals surface area (Å²) in [6.45, 7) is 8.71. The monoisotopic (exact) mass is 323 g/mol. The quantitative estimate of drug-likeness (QED) is 0.602. The highest BCUT2D eigenvalue weighted by Crippen LogP contribution is 2.57. The number of hydrogen-bond acceptors (Lipinski definition) is 4. The Morgan fingerprint density at radius 2 is 1.57 bits per heavy atom. The molecule has 130 valence electrons. The summed E-state index contributed by atoms with van der Waals surface area (Å²) in [6, 6.07) is 0. The summed E-state index contributed by atoms with van der Waals surface area (Å²) >= 11 is 0. The number of ether oxygens (including phenoxy) is 1. The number of carboxylic acid groups (broad SMARTS) is 1. The number of carbonyl (C=O) groups is 2. The van der Waals surface area contributed by atoms with Crippen molar-refractivity contribution in [3.8, 4) is 0 Å². The van der Waals surface area contributed by atoms with Crippen molar-refractivity contribution in [2.75, 3.05) is 0 Å². The van der Waals surface area contributed by atoms with Gasteiger partial charge in [0.2, 0.25) is 0 Å². The largest absolute Gasteiger partial charge is 0.480 e. The van der Waals surface area contributed by atoms with Gasteiger partial charge in [-0.1, -0.05) is 6.58 Å². The van der Waals surface area contributed by atoms with E-state index in [0.717, 1.165) is 43.6 Å². The van der Waals surface area contributed by atoms with Crippen molar-refractivity contribution in [3.05, 3.63) is 12.7 Å². The smallest absolute Gasteiger partial charge is 0.330 e. The van der Waals surface area contributed by atoms with Crippen molar-refractivity contribution in [2.45, 2.75) is 64.0 Å². The number of esters is 1. The van der Waals surface area contributed by atoms with Crippen LogP contribution in [0, 0.1) is 23.7 Å². The Balaban J connectivity index is 0.000000188. The molecule has 3 N–H and O–H groups in total. The van der Waals surface area contributed by atoms with E-state index in [4.69, 9.17) is 10.5 Å². The fraction of sp³-hybridized carbons (Fsp3) is 0.778. The molecule has 0 unspecified atom stereocenters. The molecule has 4 rings (SSSR count). The molecule has 23 heavy (non-hydrogen) atoms. The summed E-state index contributed by atoms with van der Waals surface area (Å²) in [5, 5.41) is 9.28. The molecule has 4 fully saturated rings. The second-order valence-electron chi connectivity index (χ2n) is 8.28. The molecule has 0 atom stereocenters. The van der Waals surface area contributed by atoms with E-state index >= 15 is 0 Å². The zero-order valence-corrected chi connectivity index (χ0v) is 14.4. The SMILES string of the molecule is C=CC(=O)OC(C)(C)C.NC1(C(=O)O)C2CC3CC(C2)CC1C3. The molecule has 0 spiro atoms. The van der Waals surface area contributed by atoms with Crippen LogP contribution in [0.4, 0.5) is 0 Å². The molecular formula is C18H29NO4. The number of nitrogens with two attached hydrogens (primary N) is 1. The predicted octanol–water partition coefficient (Wildman–Crippen LogP) is 2.74. The third kappa shape index (κ3) is 3.77. The average molecular weight is 323 g/mol. The lowest BCUT2D eigenvalue weighted by atomic mass is 9.49. The Hall–Kier alpha value is -1.36. The standard InChI is InChI=1S/C11H17NO2.C7H12O2/c12-11(10(13)14)8-2-6-1-7(4-8)5-9(11)3-6;1-5-6(8)9-7(2,3)4/h6-9H,1-5,12H2,(H,13,14);5H,1H2,2-4H3. The molecule has 0 aromatic rings. The zero-order chi connectivity index (χ0) is 17.4. The van der Waals surface area contributed by atoms with E-state index < -0.39 is 17.1 Å². The maximum atomic E-state index is 11.3. The van der Waals surface area contributed by atoms with Crippen LogP contribution in [0.25, 0.3) is 0 Å². The lowest BCUT2D eigenvalue weighted by molar-refractivity contribution is -0.160. The van der Waals surface area contributed by atoms with Crippen molar-refractivity contribution in [1.82, 2.24) is 0 Å². The Bertz CT molecular complexity index is 464. The minimum Gasteiger partial charge on any atom is -0.480 e. The molecule has 0 radical (unpaired) electrons. The number of aliphatic carboxylic acids is 1. The predicted molar refractivity (Wildman–Crippen MR) is 87.6 cm³/mol. The van der Waals surface area contributed by atoms with Crippen LogP contribution in [0.3, 0.4) is 0 Å². The lowest BCUT2D eigenvalue weighted by Gasteiger charge is -2.57. The van der Waals surface area contributed by atoms with E-state index in [1.165, 1.54) is 6.42 Å². The fourth-order valence-electron chi connectivity index (χ4n) is 4.66. The van der Waals surface area contributed by atoms with E-state index in [9.17, 15) is 14.7 Å². The van der Waals surface area contributed by atoms with Gasteiger partial charge < -0.3 is 15.6 Å². The van der Waals surface area contributed by atoms with Crippen LogP contribution in [-0.2, 0) is 14.3 Å². The minimum absolute atomic E-state index is 0.260. The van der Waals surface area contributed by atoms with Crippen molar-refractivity contribution >= 4 is 11.9 Å². The van der Waals surface area contributed by atoms with Gasteiger partial charge in [0.1, 0.15) is 11.1 Å². The Kier molecular flexibility index (Phi) is 4.90. The molecule has 0 aromatic heterocycles. The molecular weight excluding hydrogens is 294 g/mol. The summed E-state index contributed by atoms with van der Waals surface area (Å²) in [6.07, 6.45) is 6.76. The van der Waals surface area contributed by atoms with Crippen molar-refractivity contribution < 1.29 is 19.4 Å². The van der Waals surface area contributed by atoms with Gasteiger partial charge in [-0.2, -0.15) is 0 Å². The first kappa shape index (κ1) is 18.0. The Labute approximate surface area is 138 Å². The maximum Gasteiger partial charge on any atom is 0.330 e. The second kappa shape index (κ2) is 6.27. The van der Waals surface area contributed by atoms with E-state index in [1.54, 1.807) is 0 Å². The second-order valence-corrected chi connectivity index (χ2v) is 8.28. The Morgan fingerprint density at radius 1 is 1.13 bits per heavy atom. The average Bonchev–Trinajstić information content (AvgIpc) is 2.42. The topological polar surface area (TPSA) is 89.6 Å². The van der Waals surface area contributed by atoms with Crippen LogP contribution in [0.1, 0.15) is 52.9 Å². The van der Waals surface area contributed by atoms with Gasteiger partial charge in [0, 0.05) is 6.08 Å². The molecule has 0 amide bonds. The molecule has 5 nitrogen and oxygen atoms in total. The molecule has 0 aliphatic heterocycles. The van der Waals surface area contributed by atoms with Crippen LogP contribution >= 0.6 is 0 Å². The molecule has 0 heterocycles. The first-order valence-corrected chi connectivity index (χ1v) is 8.44. The third-order valence-electron chi connectivity index (χ3n) is 5.43. The van der Waals surface area contributed by atoms with E-state index in [-0.39, 0.29) is 17.8 Å². The summed E-state index contributed by atoms with van der Waals surface area (Å²) in [7, 11) is 0.